The molecule has 0 aromatic heterocycles. The Kier molecular flexibility index (Phi) is 4.32. The first-order valence-corrected chi connectivity index (χ1v) is 9.70. The van der Waals surface area contributed by atoms with E-state index in [-0.39, 0.29) is 0 Å². The number of hydrogen-bond donors (Lipinski definition) is 0. The zero-order chi connectivity index (χ0) is 20.7. The van der Waals surface area contributed by atoms with E-state index in [0.717, 1.165) is 38.4 Å². The normalized spacial score (nSPS) is 11.8. The van der Waals surface area contributed by atoms with Gasteiger partial charge in [0, 0.05) is 0 Å². The molecule has 0 spiro atoms. The van der Waals surface area contributed by atoms with Gasteiger partial charge in [0.05, 0.1) is 5.56 Å². The average Bonchev–Trinajstić information content (AvgIpc) is 2.77. The van der Waals surface area contributed by atoms with Gasteiger partial charge in [-0.05, 0) is 55.9 Å². The lowest BCUT2D eigenvalue weighted by Crippen LogP contribution is -2.04. The van der Waals surface area contributed by atoms with Crippen LogP contribution in [0.5, 0.6) is 0 Å². The van der Waals surface area contributed by atoms with E-state index in [1.165, 1.54) is 12.1 Å². The SMILES string of the molecule is FC(F)(F)c1ccc2c(-c3ccccc3)c3ccccc3c(-c3ccccc3)c2c1. The molecular weight excluding hydrogens is 381 g/mol. The average molecular weight is 398 g/mol. The molecule has 0 radical (unpaired) electrons. The van der Waals surface area contributed by atoms with Crippen molar-refractivity contribution in [3.63, 3.8) is 0 Å². The van der Waals surface area contributed by atoms with E-state index in [1.54, 1.807) is 6.07 Å². The van der Waals surface area contributed by atoms with Crippen LogP contribution in [-0.4, -0.2) is 0 Å². The molecular formula is C27H17F3. The molecule has 0 saturated heterocycles. The molecule has 0 amide bonds. The summed E-state index contributed by atoms with van der Waals surface area (Å²) in [4.78, 5) is 0. The molecule has 0 bridgehead atoms. The van der Waals surface area contributed by atoms with Gasteiger partial charge >= 0.3 is 6.18 Å². The van der Waals surface area contributed by atoms with Gasteiger partial charge in [-0.15, -0.1) is 0 Å². The zero-order valence-electron chi connectivity index (χ0n) is 15.9. The Balaban J connectivity index is 2.01. The van der Waals surface area contributed by atoms with Gasteiger partial charge < -0.3 is 0 Å². The monoisotopic (exact) mass is 398 g/mol. The Hall–Kier alpha value is -3.59. The molecule has 146 valence electrons. The van der Waals surface area contributed by atoms with E-state index < -0.39 is 11.7 Å². The summed E-state index contributed by atoms with van der Waals surface area (Å²) >= 11 is 0. The Morgan fingerprint density at radius 1 is 0.433 bits per heavy atom. The van der Waals surface area contributed by atoms with Crippen LogP contribution in [0.15, 0.2) is 103 Å². The highest BCUT2D eigenvalue weighted by Crippen LogP contribution is 2.45. The topological polar surface area (TPSA) is 0 Å². The number of halogens is 3. The van der Waals surface area contributed by atoms with Gasteiger partial charge in [0.1, 0.15) is 0 Å². The summed E-state index contributed by atoms with van der Waals surface area (Å²) < 4.78 is 40.8. The predicted octanol–water partition coefficient (Wildman–Crippen LogP) is 8.35. The molecule has 0 fully saturated rings. The van der Waals surface area contributed by atoms with E-state index in [1.807, 2.05) is 84.9 Å². The minimum absolute atomic E-state index is 0.605. The summed E-state index contributed by atoms with van der Waals surface area (Å²) in [5, 5.41) is 3.38. The number of rotatable bonds is 2. The molecule has 0 nitrogen and oxygen atoms in total. The summed E-state index contributed by atoms with van der Waals surface area (Å²) in [7, 11) is 0. The van der Waals surface area contributed by atoms with Crippen LogP contribution < -0.4 is 0 Å². The number of fused-ring (bicyclic) bond motifs is 2. The van der Waals surface area contributed by atoms with Gasteiger partial charge in [-0.1, -0.05) is 91.0 Å². The van der Waals surface area contributed by atoms with Gasteiger partial charge in [0.2, 0.25) is 0 Å². The minimum Gasteiger partial charge on any atom is -0.166 e. The standard InChI is InChI=1S/C27H17F3/c28-27(29,30)20-15-16-23-24(17-20)26(19-11-5-2-6-12-19)22-14-8-7-13-21(22)25(23)18-9-3-1-4-10-18/h1-17H. The third-order valence-corrected chi connectivity index (χ3v) is 5.48. The maximum absolute atomic E-state index is 13.6. The van der Waals surface area contributed by atoms with Crippen LogP contribution >= 0.6 is 0 Å². The lowest BCUT2D eigenvalue weighted by atomic mass is 9.85. The molecule has 0 aliphatic heterocycles. The van der Waals surface area contributed by atoms with Crippen molar-refractivity contribution in [2.75, 3.05) is 0 Å². The number of hydrogen-bond acceptors (Lipinski definition) is 0. The van der Waals surface area contributed by atoms with Crippen molar-refractivity contribution < 1.29 is 13.2 Å². The van der Waals surface area contributed by atoms with Crippen molar-refractivity contribution >= 4 is 21.5 Å². The van der Waals surface area contributed by atoms with Gasteiger partial charge in [-0.25, -0.2) is 0 Å². The minimum atomic E-state index is -4.40. The van der Waals surface area contributed by atoms with Crippen LogP contribution in [0.2, 0.25) is 0 Å². The Morgan fingerprint density at radius 2 is 0.867 bits per heavy atom. The first-order chi connectivity index (χ1) is 14.5. The second kappa shape index (κ2) is 7.03. The maximum Gasteiger partial charge on any atom is 0.416 e. The van der Waals surface area contributed by atoms with Crippen molar-refractivity contribution in [1.29, 1.82) is 0 Å². The van der Waals surface area contributed by atoms with E-state index in [0.29, 0.717) is 5.39 Å². The lowest BCUT2D eigenvalue weighted by Gasteiger charge is -2.19. The largest absolute Gasteiger partial charge is 0.416 e. The van der Waals surface area contributed by atoms with E-state index in [2.05, 4.69) is 0 Å². The fourth-order valence-corrected chi connectivity index (χ4v) is 4.19. The van der Waals surface area contributed by atoms with Crippen LogP contribution in [0.3, 0.4) is 0 Å². The van der Waals surface area contributed by atoms with Crippen LogP contribution in [0.25, 0.3) is 43.8 Å². The number of alkyl halides is 3. The molecule has 5 rings (SSSR count). The number of benzene rings is 5. The summed E-state index contributed by atoms with van der Waals surface area (Å²) in [5.41, 5.74) is 3.03. The van der Waals surface area contributed by atoms with Crippen molar-refractivity contribution in [3.8, 4) is 22.3 Å². The van der Waals surface area contributed by atoms with Crippen LogP contribution in [0.1, 0.15) is 5.56 Å². The fraction of sp³-hybridized carbons (Fsp3) is 0.0370. The molecule has 30 heavy (non-hydrogen) atoms. The highest BCUT2D eigenvalue weighted by molar-refractivity contribution is 6.21. The molecule has 5 aromatic rings. The van der Waals surface area contributed by atoms with Crippen molar-refractivity contribution in [1.82, 2.24) is 0 Å². The van der Waals surface area contributed by atoms with E-state index in [4.69, 9.17) is 0 Å². The summed E-state index contributed by atoms with van der Waals surface area (Å²) in [5.74, 6) is 0. The molecule has 0 saturated carbocycles. The first-order valence-electron chi connectivity index (χ1n) is 9.70. The third-order valence-electron chi connectivity index (χ3n) is 5.48. The highest BCUT2D eigenvalue weighted by Gasteiger charge is 2.31. The van der Waals surface area contributed by atoms with Gasteiger partial charge in [-0.3, -0.25) is 0 Å². The highest BCUT2D eigenvalue weighted by atomic mass is 19.4. The summed E-state index contributed by atoms with van der Waals surface area (Å²) in [6.45, 7) is 0. The predicted molar refractivity (Wildman–Crippen MR) is 117 cm³/mol. The van der Waals surface area contributed by atoms with Gasteiger partial charge in [0.15, 0.2) is 0 Å². The van der Waals surface area contributed by atoms with E-state index >= 15 is 0 Å². The molecule has 0 N–H and O–H groups in total. The summed E-state index contributed by atoms with van der Waals surface area (Å²) in [6, 6.07) is 31.5. The molecule has 0 aliphatic rings. The second-order valence-corrected chi connectivity index (χ2v) is 7.29. The lowest BCUT2D eigenvalue weighted by molar-refractivity contribution is -0.137. The molecule has 5 aromatic carbocycles. The maximum atomic E-state index is 13.6. The Bertz CT molecular complexity index is 1350. The Labute approximate surface area is 172 Å². The molecule has 0 aliphatic carbocycles. The molecule has 0 atom stereocenters. The summed E-state index contributed by atoms with van der Waals surface area (Å²) in [6.07, 6.45) is -4.40. The quantitative estimate of drug-likeness (QED) is 0.262. The second-order valence-electron chi connectivity index (χ2n) is 7.29. The smallest absolute Gasteiger partial charge is 0.166 e. The van der Waals surface area contributed by atoms with Crippen molar-refractivity contribution in [2.45, 2.75) is 6.18 Å². The Morgan fingerprint density at radius 3 is 1.37 bits per heavy atom. The molecule has 0 heterocycles. The molecule has 3 heteroatoms. The van der Waals surface area contributed by atoms with Crippen molar-refractivity contribution in [3.05, 3.63) is 109 Å². The van der Waals surface area contributed by atoms with Crippen molar-refractivity contribution in [2.24, 2.45) is 0 Å². The fourth-order valence-electron chi connectivity index (χ4n) is 4.19. The molecule has 0 unspecified atom stereocenters. The zero-order valence-corrected chi connectivity index (χ0v) is 15.9. The first kappa shape index (κ1) is 18.4. The van der Waals surface area contributed by atoms with Crippen LogP contribution in [0, 0.1) is 0 Å². The van der Waals surface area contributed by atoms with E-state index in [9.17, 15) is 13.2 Å². The van der Waals surface area contributed by atoms with Gasteiger partial charge in [-0.2, -0.15) is 13.2 Å². The third kappa shape index (κ3) is 3.03. The van der Waals surface area contributed by atoms with Gasteiger partial charge in [0.25, 0.3) is 0 Å². The van der Waals surface area contributed by atoms with Crippen LogP contribution in [-0.2, 0) is 6.18 Å². The van der Waals surface area contributed by atoms with Crippen LogP contribution in [0.4, 0.5) is 13.2 Å².